The SMILES string of the molecule is Cc1cc([C@@H](C)Nc2ccc(Cl)nc2C(=O)NS(C)(=O)=O)c2nc(C3[C@H]4CN(c5ccc(C)nc5)C[C@@H]34)n(C)c(=O)c2c1. The van der Waals surface area contributed by atoms with Crippen LogP contribution in [0.25, 0.3) is 10.9 Å². The summed E-state index contributed by atoms with van der Waals surface area (Å²) in [7, 11) is -2.04. The lowest BCUT2D eigenvalue weighted by molar-refractivity contribution is 0.0977. The zero-order valence-electron chi connectivity index (χ0n) is 24.4. The van der Waals surface area contributed by atoms with Gasteiger partial charge in [0.2, 0.25) is 10.0 Å². The number of carbonyl (C=O) groups is 1. The van der Waals surface area contributed by atoms with Crippen molar-refractivity contribution < 1.29 is 13.2 Å². The van der Waals surface area contributed by atoms with E-state index in [0.29, 0.717) is 28.4 Å². The van der Waals surface area contributed by atoms with Crippen LogP contribution in [0.5, 0.6) is 0 Å². The molecule has 43 heavy (non-hydrogen) atoms. The highest BCUT2D eigenvalue weighted by molar-refractivity contribution is 7.89. The molecule has 2 aliphatic rings. The molecule has 2 N–H and O–H groups in total. The molecule has 1 saturated heterocycles. The Morgan fingerprint density at radius 3 is 2.47 bits per heavy atom. The fourth-order valence-corrected chi connectivity index (χ4v) is 6.80. The van der Waals surface area contributed by atoms with Crippen molar-refractivity contribution in [3.63, 3.8) is 0 Å². The van der Waals surface area contributed by atoms with E-state index in [2.05, 4.69) is 26.3 Å². The zero-order chi connectivity index (χ0) is 30.8. The molecule has 0 spiro atoms. The number of anilines is 2. The fraction of sp³-hybridized carbons (Fsp3) is 0.367. The van der Waals surface area contributed by atoms with Crippen LogP contribution in [0.3, 0.4) is 0 Å². The zero-order valence-corrected chi connectivity index (χ0v) is 26.0. The van der Waals surface area contributed by atoms with Gasteiger partial charge in [-0.1, -0.05) is 17.7 Å². The molecular weight excluding hydrogens is 590 g/mol. The van der Waals surface area contributed by atoms with Crippen molar-refractivity contribution in [3.8, 4) is 0 Å². The van der Waals surface area contributed by atoms with Crippen LogP contribution < -0.4 is 20.5 Å². The lowest BCUT2D eigenvalue weighted by Gasteiger charge is -2.23. The van der Waals surface area contributed by atoms with Gasteiger partial charge in [-0.3, -0.25) is 19.1 Å². The van der Waals surface area contributed by atoms with Gasteiger partial charge < -0.3 is 10.2 Å². The van der Waals surface area contributed by atoms with Crippen molar-refractivity contribution in [2.75, 3.05) is 29.6 Å². The molecule has 0 bridgehead atoms. The molecule has 11 nitrogen and oxygen atoms in total. The highest BCUT2D eigenvalue weighted by Gasteiger charge is 2.58. The quantitative estimate of drug-likeness (QED) is 0.296. The van der Waals surface area contributed by atoms with Crippen LogP contribution in [0.4, 0.5) is 11.4 Å². The number of halogens is 1. The monoisotopic (exact) mass is 621 g/mol. The second kappa shape index (κ2) is 10.6. The van der Waals surface area contributed by atoms with Crippen molar-refractivity contribution in [1.29, 1.82) is 0 Å². The number of pyridine rings is 2. The molecule has 1 aliphatic carbocycles. The maximum atomic E-state index is 13.7. The van der Waals surface area contributed by atoms with E-state index in [4.69, 9.17) is 16.6 Å². The maximum Gasteiger partial charge on any atom is 0.285 e. The number of fused-ring (bicyclic) bond motifs is 2. The third-order valence-corrected chi connectivity index (χ3v) is 9.10. The van der Waals surface area contributed by atoms with Gasteiger partial charge in [-0.15, -0.1) is 0 Å². The first-order valence-electron chi connectivity index (χ1n) is 13.9. The molecule has 4 aromatic rings. The highest BCUT2D eigenvalue weighted by atomic mass is 35.5. The lowest BCUT2D eigenvalue weighted by atomic mass is 10.0. The summed E-state index contributed by atoms with van der Waals surface area (Å²) in [6.45, 7) is 7.54. The smallest absolute Gasteiger partial charge is 0.285 e. The number of aromatic nitrogens is 4. The number of hydrogen-bond donors (Lipinski definition) is 2. The van der Waals surface area contributed by atoms with E-state index in [1.807, 2.05) is 49.9 Å². The molecule has 0 radical (unpaired) electrons. The number of nitrogens with one attached hydrogen (secondary N) is 2. The minimum Gasteiger partial charge on any atom is -0.377 e. The normalized spacial score (nSPS) is 20.1. The summed E-state index contributed by atoms with van der Waals surface area (Å²) < 4.78 is 27.0. The predicted molar refractivity (Wildman–Crippen MR) is 166 cm³/mol. The molecule has 1 amide bonds. The first-order valence-corrected chi connectivity index (χ1v) is 16.2. The Balaban J connectivity index is 1.32. The van der Waals surface area contributed by atoms with Gasteiger partial charge in [0, 0.05) is 37.3 Å². The van der Waals surface area contributed by atoms with Gasteiger partial charge in [0.1, 0.15) is 11.0 Å². The molecule has 224 valence electrons. The van der Waals surface area contributed by atoms with Gasteiger partial charge >= 0.3 is 0 Å². The number of piperidine rings is 1. The summed E-state index contributed by atoms with van der Waals surface area (Å²) in [5.74, 6) is 0.849. The second-order valence-corrected chi connectivity index (χ2v) is 13.7. The van der Waals surface area contributed by atoms with E-state index in [-0.39, 0.29) is 22.3 Å². The minimum atomic E-state index is -3.82. The van der Waals surface area contributed by atoms with E-state index in [1.54, 1.807) is 17.7 Å². The third-order valence-electron chi connectivity index (χ3n) is 8.33. The molecule has 1 unspecified atom stereocenters. The van der Waals surface area contributed by atoms with E-state index in [0.717, 1.165) is 47.7 Å². The van der Waals surface area contributed by atoms with Crippen molar-refractivity contribution in [3.05, 3.63) is 86.4 Å². The third kappa shape index (κ3) is 5.56. The van der Waals surface area contributed by atoms with E-state index < -0.39 is 22.0 Å². The Morgan fingerprint density at radius 1 is 1.09 bits per heavy atom. The Hall–Kier alpha value is -4.03. The molecule has 4 heterocycles. The van der Waals surface area contributed by atoms with Crippen LogP contribution in [0.2, 0.25) is 5.15 Å². The largest absolute Gasteiger partial charge is 0.377 e. The number of aryl methyl sites for hydroxylation is 2. The summed E-state index contributed by atoms with van der Waals surface area (Å²) >= 11 is 6.04. The average molecular weight is 622 g/mol. The molecule has 1 aromatic carbocycles. The van der Waals surface area contributed by atoms with E-state index >= 15 is 0 Å². The number of nitrogens with zero attached hydrogens (tertiary/aromatic N) is 5. The van der Waals surface area contributed by atoms with Gasteiger partial charge in [-0.25, -0.2) is 23.1 Å². The number of sulfonamides is 1. The first-order chi connectivity index (χ1) is 20.3. The van der Waals surface area contributed by atoms with Crippen LogP contribution in [0.15, 0.2) is 47.4 Å². The van der Waals surface area contributed by atoms with E-state index in [9.17, 15) is 18.0 Å². The molecule has 1 saturated carbocycles. The standard InChI is InChI=1S/C30H32ClN7O4S/c1-15-10-19(17(3)33-23-8-9-24(31)34-27(23)29(39)36-43(5,41)42)26-20(11-15)30(40)37(4)28(35-26)25-21-13-38(14-22(21)25)18-7-6-16(2)32-12-18/h6-12,17,21-22,25,33H,13-14H2,1-5H3,(H,36,39)/t17-,21-,22+,25?/m1/s1. The van der Waals surface area contributed by atoms with Gasteiger partial charge in [-0.2, -0.15) is 0 Å². The van der Waals surface area contributed by atoms with Crippen LogP contribution in [-0.2, 0) is 17.1 Å². The number of carbonyl (C=O) groups excluding carboxylic acids is 1. The second-order valence-electron chi connectivity index (χ2n) is 11.6. The molecule has 6 rings (SSSR count). The predicted octanol–water partition coefficient (Wildman–Crippen LogP) is 3.71. The van der Waals surface area contributed by atoms with Gasteiger partial charge in [0.05, 0.1) is 40.8 Å². The van der Waals surface area contributed by atoms with Gasteiger partial charge in [0.15, 0.2) is 5.69 Å². The van der Waals surface area contributed by atoms with Crippen molar-refractivity contribution >= 4 is 49.8 Å². The van der Waals surface area contributed by atoms with Crippen LogP contribution in [-0.4, -0.2) is 53.2 Å². The topological polar surface area (TPSA) is 139 Å². The number of rotatable bonds is 7. The summed E-state index contributed by atoms with van der Waals surface area (Å²) in [5, 5.41) is 3.82. The van der Waals surface area contributed by atoms with Crippen LogP contribution in [0.1, 0.15) is 52.0 Å². The van der Waals surface area contributed by atoms with Crippen LogP contribution in [0, 0.1) is 25.7 Å². The van der Waals surface area contributed by atoms with Crippen molar-refractivity contribution in [2.45, 2.75) is 32.7 Å². The molecule has 1 aliphatic heterocycles. The Morgan fingerprint density at radius 2 is 1.81 bits per heavy atom. The first kappa shape index (κ1) is 29.1. The molecular formula is C30H32ClN7O4S. The number of amides is 1. The lowest BCUT2D eigenvalue weighted by Crippen LogP contribution is -2.31. The molecule has 3 aromatic heterocycles. The van der Waals surface area contributed by atoms with Crippen molar-refractivity contribution in [1.82, 2.24) is 24.2 Å². The Bertz CT molecular complexity index is 1930. The molecule has 4 atom stereocenters. The van der Waals surface area contributed by atoms with E-state index in [1.165, 1.54) is 6.07 Å². The summed E-state index contributed by atoms with van der Waals surface area (Å²) in [6, 6.07) is 10.6. The summed E-state index contributed by atoms with van der Waals surface area (Å²) in [4.78, 5) is 42.4. The Labute approximate surface area is 254 Å². The molecule has 2 fully saturated rings. The average Bonchev–Trinajstić information content (AvgIpc) is 3.41. The number of hydrogen-bond acceptors (Lipinski definition) is 9. The number of benzene rings is 1. The fourth-order valence-electron chi connectivity index (χ4n) is 6.22. The summed E-state index contributed by atoms with van der Waals surface area (Å²) in [6.07, 6.45) is 2.80. The van der Waals surface area contributed by atoms with Crippen LogP contribution >= 0.6 is 11.6 Å². The minimum absolute atomic E-state index is 0.0415. The van der Waals surface area contributed by atoms with Crippen molar-refractivity contribution in [2.24, 2.45) is 18.9 Å². The summed E-state index contributed by atoms with van der Waals surface area (Å²) in [5.41, 5.74) is 4.37. The van der Waals surface area contributed by atoms with Gasteiger partial charge in [-0.05, 0) is 68.5 Å². The molecule has 13 heteroatoms. The maximum absolute atomic E-state index is 13.7. The Kier molecular flexibility index (Phi) is 7.16. The van der Waals surface area contributed by atoms with Gasteiger partial charge in [0.25, 0.3) is 11.5 Å². The highest BCUT2D eigenvalue weighted by Crippen LogP contribution is 2.58.